The fourth-order valence-electron chi connectivity index (χ4n) is 0.954. The Hall–Kier alpha value is -0.0800. The van der Waals surface area contributed by atoms with Gasteiger partial charge in [0, 0.05) is 0 Å². The molecule has 0 bridgehead atoms. The number of rotatable bonds is 3. The third-order valence-corrected chi connectivity index (χ3v) is 2.69. The standard InChI is InChI=1S/C8H20N.H2O/c1-6-9(5,7-2)8(3)4;/h8H,6-7H2,1-5H3;1H2/q+1;/p-1. The van der Waals surface area contributed by atoms with Crippen LogP contribution < -0.4 is 0 Å². The molecule has 0 atom stereocenters. The molecule has 0 spiro atoms. The maximum Gasteiger partial charge on any atom is 0.0831 e. The minimum absolute atomic E-state index is 0. The van der Waals surface area contributed by atoms with Gasteiger partial charge in [-0.3, -0.25) is 0 Å². The molecular weight excluding hydrogens is 126 g/mol. The zero-order valence-corrected chi connectivity index (χ0v) is 7.89. The lowest BCUT2D eigenvalue weighted by Crippen LogP contribution is -2.49. The molecule has 0 heterocycles. The molecule has 0 radical (unpaired) electrons. The average Bonchev–Trinajstić information content (AvgIpc) is 1.86. The van der Waals surface area contributed by atoms with Gasteiger partial charge in [0.05, 0.1) is 26.2 Å². The summed E-state index contributed by atoms with van der Waals surface area (Å²) in [6.45, 7) is 11.6. The van der Waals surface area contributed by atoms with Crippen LogP contribution >= 0.6 is 0 Å². The van der Waals surface area contributed by atoms with Crippen molar-refractivity contribution in [3.63, 3.8) is 0 Å². The van der Waals surface area contributed by atoms with E-state index in [9.17, 15) is 0 Å². The number of nitrogens with zero attached hydrogens (tertiary/aromatic N) is 1. The zero-order chi connectivity index (χ0) is 7.49. The van der Waals surface area contributed by atoms with Crippen molar-refractivity contribution in [1.82, 2.24) is 0 Å². The van der Waals surface area contributed by atoms with Gasteiger partial charge in [0.15, 0.2) is 0 Å². The Labute approximate surface area is 64.7 Å². The van der Waals surface area contributed by atoms with Crippen molar-refractivity contribution in [3.8, 4) is 0 Å². The summed E-state index contributed by atoms with van der Waals surface area (Å²) in [5.74, 6) is 0. The minimum Gasteiger partial charge on any atom is -0.870 e. The highest BCUT2D eigenvalue weighted by atomic mass is 16.0. The highest BCUT2D eigenvalue weighted by Gasteiger charge is 2.19. The van der Waals surface area contributed by atoms with Crippen molar-refractivity contribution in [2.45, 2.75) is 33.7 Å². The lowest BCUT2D eigenvalue weighted by Gasteiger charge is -2.36. The second-order valence-electron chi connectivity index (χ2n) is 3.21. The summed E-state index contributed by atoms with van der Waals surface area (Å²) in [6.07, 6.45) is 0. The molecule has 1 N–H and O–H groups in total. The Morgan fingerprint density at radius 3 is 1.40 bits per heavy atom. The fourth-order valence-corrected chi connectivity index (χ4v) is 0.954. The van der Waals surface area contributed by atoms with Crippen molar-refractivity contribution in [1.29, 1.82) is 0 Å². The second-order valence-corrected chi connectivity index (χ2v) is 3.21. The van der Waals surface area contributed by atoms with Crippen molar-refractivity contribution in [2.24, 2.45) is 0 Å². The Morgan fingerprint density at radius 2 is 1.40 bits per heavy atom. The molecule has 0 aliphatic rings. The van der Waals surface area contributed by atoms with E-state index < -0.39 is 0 Å². The molecule has 2 nitrogen and oxygen atoms in total. The van der Waals surface area contributed by atoms with E-state index >= 15 is 0 Å². The lowest BCUT2D eigenvalue weighted by atomic mass is 10.2. The van der Waals surface area contributed by atoms with Crippen LogP contribution in [-0.2, 0) is 0 Å². The van der Waals surface area contributed by atoms with Crippen LogP contribution in [0.3, 0.4) is 0 Å². The molecule has 10 heavy (non-hydrogen) atoms. The summed E-state index contributed by atoms with van der Waals surface area (Å²) in [5, 5.41) is 0. The molecule has 0 aromatic rings. The lowest BCUT2D eigenvalue weighted by molar-refractivity contribution is -0.926. The van der Waals surface area contributed by atoms with Crippen LogP contribution in [0.15, 0.2) is 0 Å². The SMILES string of the molecule is CC[N+](C)(CC)C(C)C.[OH-]. The first-order valence-electron chi connectivity index (χ1n) is 3.91. The van der Waals surface area contributed by atoms with Gasteiger partial charge in [-0.2, -0.15) is 0 Å². The molecule has 64 valence electrons. The second kappa shape index (κ2) is 4.69. The van der Waals surface area contributed by atoms with Gasteiger partial charge in [-0.25, -0.2) is 0 Å². The van der Waals surface area contributed by atoms with Crippen molar-refractivity contribution >= 4 is 0 Å². The van der Waals surface area contributed by atoms with E-state index in [-0.39, 0.29) is 5.48 Å². The first-order valence-corrected chi connectivity index (χ1v) is 3.91. The summed E-state index contributed by atoms with van der Waals surface area (Å²) in [5.41, 5.74) is 0. The molecule has 0 aliphatic heterocycles. The largest absolute Gasteiger partial charge is 0.870 e. The summed E-state index contributed by atoms with van der Waals surface area (Å²) in [4.78, 5) is 0. The van der Waals surface area contributed by atoms with Crippen LogP contribution in [0.1, 0.15) is 27.7 Å². The monoisotopic (exact) mass is 147 g/mol. The number of hydrogen-bond acceptors (Lipinski definition) is 1. The quantitative estimate of drug-likeness (QED) is 0.559. The summed E-state index contributed by atoms with van der Waals surface area (Å²) in [7, 11) is 2.31. The van der Waals surface area contributed by atoms with Crippen molar-refractivity contribution in [2.75, 3.05) is 20.1 Å². The first kappa shape index (κ1) is 12.6. The van der Waals surface area contributed by atoms with E-state index in [0.29, 0.717) is 0 Å². The smallest absolute Gasteiger partial charge is 0.0831 e. The molecule has 0 aromatic carbocycles. The first-order chi connectivity index (χ1) is 4.06. The molecular formula is C8H21NO. The van der Waals surface area contributed by atoms with Crippen LogP contribution in [0.2, 0.25) is 0 Å². The van der Waals surface area contributed by atoms with Crippen LogP contribution in [0.5, 0.6) is 0 Å². The van der Waals surface area contributed by atoms with Crippen LogP contribution in [-0.4, -0.2) is 36.1 Å². The van der Waals surface area contributed by atoms with Crippen molar-refractivity contribution in [3.05, 3.63) is 0 Å². The summed E-state index contributed by atoms with van der Waals surface area (Å²) < 4.78 is 1.19. The molecule has 0 rings (SSSR count). The fraction of sp³-hybridized carbons (Fsp3) is 1.00. The molecule has 0 saturated heterocycles. The molecule has 0 saturated carbocycles. The van der Waals surface area contributed by atoms with E-state index in [1.165, 1.54) is 17.6 Å². The van der Waals surface area contributed by atoms with E-state index in [0.717, 1.165) is 6.04 Å². The zero-order valence-electron chi connectivity index (χ0n) is 7.89. The minimum atomic E-state index is 0. The molecule has 0 aromatic heterocycles. The van der Waals surface area contributed by atoms with Gasteiger partial charge in [-0.1, -0.05) is 0 Å². The Bertz CT molecular complexity index is 77.3. The molecule has 2 heteroatoms. The summed E-state index contributed by atoms with van der Waals surface area (Å²) in [6, 6.07) is 0.764. The Morgan fingerprint density at radius 1 is 1.10 bits per heavy atom. The highest BCUT2D eigenvalue weighted by Crippen LogP contribution is 2.07. The molecule has 0 unspecified atom stereocenters. The third-order valence-electron chi connectivity index (χ3n) is 2.69. The molecule has 0 aliphatic carbocycles. The predicted octanol–water partition coefficient (Wildman–Crippen LogP) is 1.70. The highest BCUT2D eigenvalue weighted by molar-refractivity contribution is 4.39. The van der Waals surface area contributed by atoms with Gasteiger partial charge in [-0.15, -0.1) is 0 Å². The number of hydrogen-bond donors (Lipinski definition) is 0. The van der Waals surface area contributed by atoms with Gasteiger partial charge in [0.1, 0.15) is 0 Å². The van der Waals surface area contributed by atoms with E-state index in [2.05, 4.69) is 34.7 Å². The van der Waals surface area contributed by atoms with E-state index in [1.54, 1.807) is 0 Å². The maximum absolute atomic E-state index is 2.31. The predicted molar refractivity (Wildman–Crippen MR) is 44.3 cm³/mol. The van der Waals surface area contributed by atoms with Gasteiger partial charge < -0.3 is 9.96 Å². The van der Waals surface area contributed by atoms with Gasteiger partial charge in [0.25, 0.3) is 0 Å². The van der Waals surface area contributed by atoms with Crippen molar-refractivity contribution < 1.29 is 9.96 Å². The average molecular weight is 147 g/mol. The third kappa shape index (κ3) is 2.67. The Balaban J connectivity index is 0. The van der Waals surface area contributed by atoms with Gasteiger partial charge >= 0.3 is 0 Å². The Kier molecular flexibility index (Phi) is 5.90. The van der Waals surface area contributed by atoms with Crippen LogP contribution in [0.4, 0.5) is 0 Å². The van der Waals surface area contributed by atoms with Gasteiger partial charge in [0.2, 0.25) is 0 Å². The summed E-state index contributed by atoms with van der Waals surface area (Å²) >= 11 is 0. The van der Waals surface area contributed by atoms with E-state index in [1.807, 2.05) is 0 Å². The maximum atomic E-state index is 2.31. The molecule has 0 amide bonds. The van der Waals surface area contributed by atoms with Crippen LogP contribution in [0, 0.1) is 0 Å². The number of quaternary nitrogens is 1. The van der Waals surface area contributed by atoms with Gasteiger partial charge in [-0.05, 0) is 27.7 Å². The normalized spacial score (nSPS) is 11.4. The topological polar surface area (TPSA) is 30.0 Å². The molecule has 0 fully saturated rings. The van der Waals surface area contributed by atoms with E-state index in [4.69, 9.17) is 0 Å². The van der Waals surface area contributed by atoms with Crippen LogP contribution in [0.25, 0.3) is 0 Å².